The third kappa shape index (κ3) is 3.80. The van der Waals surface area contributed by atoms with Gasteiger partial charge in [0.05, 0.1) is 7.11 Å². The lowest BCUT2D eigenvalue weighted by Crippen LogP contribution is -2.30. The molecule has 0 fully saturated rings. The summed E-state index contributed by atoms with van der Waals surface area (Å²) in [4.78, 5) is 15.7. The van der Waals surface area contributed by atoms with Gasteiger partial charge in [-0.25, -0.2) is 8.42 Å². The monoisotopic (exact) mass is 398 g/mol. The van der Waals surface area contributed by atoms with Crippen LogP contribution in [-0.4, -0.2) is 33.3 Å². The van der Waals surface area contributed by atoms with Gasteiger partial charge in [-0.15, -0.1) is 0 Å². The van der Waals surface area contributed by atoms with Gasteiger partial charge in [-0.1, -0.05) is 18.2 Å². The van der Waals surface area contributed by atoms with E-state index in [1.807, 2.05) is 0 Å². The van der Waals surface area contributed by atoms with E-state index in [1.165, 1.54) is 11.4 Å². The molecule has 0 aliphatic carbocycles. The van der Waals surface area contributed by atoms with E-state index in [1.54, 1.807) is 80.9 Å². The normalized spacial score (nSPS) is 12.4. The number of anilines is 1. The van der Waals surface area contributed by atoms with E-state index in [2.05, 4.69) is 4.98 Å². The van der Waals surface area contributed by atoms with Crippen molar-refractivity contribution in [2.24, 2.45) is 0 Å². The summed E-state index contributed by atoms with van der Waals surface area (Å²) in [5.41, 5.74) is 1.50. The van der Waals surface area contributed by atoms with E-state index < -0.39 is 15.3 Å². The number of hydrogen-bond donors (Lipinski definition) is 1. The van der Waals surface area contributed by atoms with Crippen molar-refractivity contribution in [3.63, 3.8) is 0 Å². The van der Waals surface area contributed by atoms with Gasteiger partial charge in [-0.2, -0.15) is 0 Å². The first-order valence-electron chi connectivity index (χ1n) is 8.74. The zero-order chi connectivity index (χ0) is 20.3. The van der Waals surface area contributed by atoms with Crippen molar-refractivity contribution < 1.29 is 17.9 Å². The molecule has 1 atom stereocenters. The summed E-state index contributed by atoms with van der Waals surface area (Å²) >= 11 is 0. The lowest BCUT2D eigenvalue weighted by Gasteiger charge is -2.23. The highest BCUT2D eigenvalue weighted by Gasteiger charge is 2.28. The highest BCUT2D eigenvalue weighted by atomic mass is 32.2. The van der Waals surface area contributed by atoms with Crippen LogP contribution in [0, 0.1) is 0 Å². The second-order valence-electron chi connectivity index (χ2n) is 6.39. The zero-order valence-electron chi connectivity index (χ0n) is 15.9. The number of nitrogens with one attached hydrogen (secondary N) is 1. The molecule has 1 unspecified atom stereocenters. The summed E-state index contributed by atoms with van der Waals surface area (Å²) in [7, 11) is -0.591. The van der Waals surface area contributed by atoms with E-state index in [4.69, 9.17) is 4.74 Å². The second-order valence-corrected chi connectivity index (χ2v) is 8.68. The number of methoxy groups -OCH3 is 1. The first kappa shape index (κ1) is 19.7. The summed E-state index contributed by atoms with van der Waals surface area (Å²) in [6.45, 7) is 1.62. The van der Waals surface area contributed by atoms with Gasteiger partial charge in [0.2, 0.25) is 10.0 Å². The Morgan fingerprint density at radius 1 is 1.04 bits per heavy atom. The number of rotatable bonds is 7. The number of nitrogens with zero attached hydrogens (tertiary/aromatic N) is 1. The number of H-pyrrole nitrogens is 1. The molecule has 0 radical (unpaired) electrons. The molecule has 0 saturated heterocycles. The minimum absolute atomic E-state index is 0.174. The molecule has 0 saturated carbocycles. The van der Waals surface area contributed by atoms with E-state index in [0.29, 0.717) is 28.3 Å². The molecule has 1 heterocycles. The predicted octanol–water partition coefficient (Wildman–Crippen LogP) is 3.78. The van der Waals surface area contributed by atoms with Gasteiger partial charge in [0.15, 0.2) is 5.78 Å². The van der Waals surface area contributed by atoms with Crippen LogP contribution >= 0.6 is 0 Å². The van der Waals surface area contributed by atoms with Crippen LogP contribution in [-0.2, 0) is 10.0 Å². The number of carbonyl (C=O) groups excluding carboxylic acids is 1. The van der Waals surface area contributed by atoms with Crippen LogP contribution in [0.2, 0.25) is 0 Å². The van der Waals surface area contributed by atoms with Gasteiger partial charge in [-0.05, 0) is 55.0 Å². The molecular formula is C21H22N2O4S. The molecule has 1 N–H and O–H groups in total. The Labute approximate surface area is 164 Å². The molecule has 6 nitrogen and oxygen atoms in total. The number of aromatic amines is 1. The van der Waals surface area contributed by atoms with Gasteiger partial charge < -0.3 is 9.72 Å². The Hall–Kier alpha value is -3.06. The number of sulfonamides is 1. The summed E-state index contributed by atoms with van der Waals surface area (Å²) in [5.74, 6) is 0.974. The number of benzene rings is 2. The standard InChI is InChI=1S/C21H22N2O4S/c1-15(28(25,26)23(2)20-8-5-13-22-20)17-6-4-7-18(14-17)21(24)16-9-11-19(27-3)12-10-16/h4-15,22H,1-3H3. The van der Waals surface area contributed by atoms with Crippen molar-refractivity contribution in [2.75, 3.05) is 18.5 Å². The molecule has 3 rings (SSSR count). The van der Waals surface area contributed by atoms with Crippen molar-refractivity contribution in [1.29, 1.82) is 0 Å². The number of hydrogen-bond acceptors (Lipinski definition) is 4. The first-order valence-corrected chi connectivity index (χ1v) is 10.2. The fourth-order valence-corrected chi connectivity index (χ4v) is 4.26. The van der Waals surface area contributed by atoms with Gasteiger partial charge in [0, 0.05) is 24.4 Å². The molecular weight excluding hydrogens is 376 g/mol. The fourth-order valence-electron chi connectivity index (χ4n) is 2.90. The molecule has 0 aliphatic rings. The van der Waals surface area contributed by atoms with E-state index >= 15 is 0 Å². The van der Waals surface area contributed by atoms with Gasteiger partial charge in [0.25, 0.3) is 0 Å². The molecule has 3 aromatic rings. The Balaban J connectivity index is 1.88. The average Bonchev–Trinajstić information content (AvgIpc) is 3.27. The molecule has 28 heavy (non-hydrogen) atoms. The van der Waals surface area contributed by atoms with Crippen molar-refractivity contribution in [3.8, 4) is 5.75 Å². The van der Waals surface area contributed by atoms with Gasteiger partial charge >= 0.3 is 0 Å². The summed E-state index contributed by atoms with van der Waals surface area (Å²) in [5, 5.41) is -0.815. The second kappa shape index (κ2) is 7.90. The molecule has 146 valence electrons. The molecule has 7 heteroatoms. The van der Waals surface area contributed by atoms with Gasteiger partial charge in [-0.3, -0.25) is 9.10 Å². The SMILES string of the molecule is COc1ccc(C(=O)c2cccc(C(C)S(=O)(=O)N(C)c3ccc[nH]3)c2)cc1. The third-order valence-electron chi connectivity index (χ3n) is 4.72. The van der Waals surface area contributed by atoms with Crippen LogP contribution < -0.4 is 9.04 Å². The van der Waals surface area contributed by atoms with Crippen molar-refractivity contribution in [3.05, 3.63) is 83.6 Å². The van der Waals surface area contributed by atoms with Crippen LogP contribution in [0.25, 0.3) is 0 Å². The highest BCUT2D eigenvalue weighted by molar-refractivity contribution is 7.93. The molecule has 0 amide bonds. The Bertz CT molecular complexity index is 1060. The van der Waals surface area contributed by atoms with Crippen LogP contribution in [0.15, 0.2) is 66.9 Å². The predicted molar refractivity (Wildman–Crippen MR) is 109 cm³/mol. The first-order chi connectivity index (χ1) is 13.3. The molecule has 0 aliphatic heterocycles. The molecule has 1 aromatic heterocycles. The van der Waals surface area contributed by atoms with E-state index in [0.717, 1.165) is 0 Å². The quantitative estimate of drug-likeness (QED) is 0.614. The maximum Gasteiger partial charge on any atom is 0.242 e. The summed E-state index contributed by atoms with van der Waals surface area (Å²) < 4.78 is 32.2. The van der Waals surface area contributed by atoms with Gasteiger partial charge in [0.1, 0.15) is 16.8 Å². The van der Waals surface area contributed by atoms with Crippen molar-refractivity contribution in [1.82, 2.24) is 4.98 Å². The van der Waals surface area contributed by atoms with E-state index in [9.17, 15) is 13.2 Å². The third-order valence-corrected chi connectivity index (χ3v) is 6.85. The zero-order valence-corrected chi connectivity index (χ0v) is 16.7. The maximum atomic E-state index is 13.0. The molecule has 0 bridgehead atoms. The molecule has 0 spiro atoms. The Morgan fingerprint density at radius 3 is 2.36 bits per heavy atom. The lowest BCUT2D eigenvalue weighted by molar-refractivity contribution is 0.103. The van der Waals surface area contributed by atoms with Crippen LogP contribution in [0.3, 0.4) is 0 Å². The van der Waals surface area contributed by atoms with Crippen LogP contribution in [0.1, 0.15) is 33.7 Å². The van der Waals surface area contributed by atoms with E-state index in [-0.39, 0.29) is 5.78 Å². The number of carbonyl (C=O) groups is 1. The lowest BCUT2D eigenvalue weighted by atomic mass is 10.0. The summed E-state index contributed by atoms with van der Waals surface area (Å²) in [6.07, 6.45) is 1.67. The Kier molecular flexibility index (Phi) is 5.56. The fraction of sp³-hybridized carbons (Fsp3) is 0.190. The largest absolute Gasteiger partial charge is 0.497 e. The topological polar surface area (TPSA) is 79.5 Å². The number of ether oxygens (including phenoxy) is 1. The number of ketones is 1. The smallest absolute Gasteiger partial charge is 0.242 e. The van der Waals surface area contributed by atoms with Crippen molar-refractivity contribution >= 4 is 21.6 Å². The number of aromatic nitrogens is 1. The summed E-state index contributed by atoms with van der Waals surface area (Å²) in [6, 6.07) is 17.0. The molecule has 2 aromatic carbocycles. The maximum absolute atomic E-state index is 13.0. The van der Waals surface area contributed by atoms with Crippen molar-refractivity contribution in [2.45, 2.75) is 12.2 Å². The minimum atomic E-state index is -3.66. The van der Waals surface area contributed by atoms with Crippen LogP contribution in [0.5, 0.6) is 5.75 Å². The average molecular weight is 398 g/mol. The van der Waals surface area contributed by atoms with Crippen LogP contribution in [0.4, 0.5) is 5.82 Å². The highest BCUT2D eigenvalue weighted by Crippen LogP contribution is 2.28. The minimum Gasteiger partial charge on any atom is -0.497 e. The Morgan fingerprint density at radius 2 is 1.75 bits per heavy atom.